The average molecular weight is 426 g/mol. The average Bonchev–Trinajstić information content (AvgIpc) is 3.25. The van der Waals surface area contributed by atoms with Crippen molar-refractivity contribution in [1.82, 2.24) is 30.0 Å². The maximum Gasteiger partial charge on any atom is 0.219 e. The highest BCUT2D eigenvalue weighted by atomic mass is 16.5. The van der Waals surface area contributed by atoms with E-state index in [0.29, 0.717) is 13.2 Å². The van der Waals surface area contributed by atoms with Crippen LogP contribution in [0.3, 0.4) is 0 Å². The normalized spacial score (nSPS) is 25.1. The Morgan fingerprint density at radius 1 is 1.06 bits per heavy atom. The molecule has 10 heteroatoms. The second kappa shape index (κ2) is 8.18. The van der Waals surface area contributed by atoms with E-state index in [1.807, 2.05) is 0 Å². The largest absolute Gasteiger partial charge is 0.378 e. The highest BCUT2D eigenvalue weighted by Crippen LogP contribution is 2.31. The summed E-state index contributed by atoms with van der Waals surface area (Å²) in [5.41, 5.74) is 7.33. The number of hydrogen-bond acceptors (Lipinski definition) is 10. The van der Waals surface area contributed by atoms with E-state index in [0.717, 1.165) is 68.7 Å². The van der Waals surface area contributed by atoms with Gasteiger partial charge in [0, 0.05) is 75.5 Å². The molecule has 2 saturated heterocycles. The molecule has 0 bridgehead atoms. The number of nitrogens with two attached hydrogens (primary N) is 1. The molecule has 0 unspecified atom stereocenters. The fourth-order valence-electron chi connectivity index (χ4n) is 4.61. The van der Waals surface area contributed by atoms with Gasteiger partial charge in [-0.3, -0.25) is 9.89 Å². The van der Waals surface area contributed by atoms with Gasteiger partial charge in [-0.2, -0.15) is 0 Å². The van der Waals surface area contributed by atoms with Crippen LogP contribution in [0.5, 0.6) is 0 Å². The van der Waals surface area contributed by atoms with Crippen LogP contribution < -0.4 is 11.1 Å². The Bertz CT molecular complexity index is 896. The van der Waals surface area contributed by atoms with Crippen molar-refractivity contribution in [2.24, 2.45) is 9.98 Å². The fourth-order valence-corrected chi connectivity index (χ4v) is 4.61. The molecule has 10 nitrogen and oxygen atoms in total. The maximum atomic E-state index is 5.68. The van der Waals surface area contributed by atoms with Crippen LogP contribution in [0, 0.1) is 0 Å². The van der Waals surface area contributed by atoms with E-state index >= 15 is 0 Å². The lowest BCUT2D eigenvalue weighted by Gasteiger charge is -2.43. The SMILES string of the molecule is CC(C)([C@H]1CN2C=C(c3cnc(N)nc3)N=C(N3CCOCC3)C2=N1)N1CCNCC1. The number of nitrogen functional groups attached to an aromatic ring is 1. The second-order valence-corrected chi connectivity index (χ2v) is 8.89. The molecule has 4 aliphatic heterocycles. The number of aromatic nitrogens is 2. The summed E-state index contributed by atoms with van der Waals surface area (Å²) in [6, 6.07) is 0.158. The molecule has 0 radical (unpaired) electrons. The quantitative estimate of drug-likeness (QED) is 0.690. The lowest BCUT2D eigenvalue weighted by atomic mass is 9.92. The van der Waals surface area contributed by atoms with Crippen molar-refractivity contribution in [2.45, 2.75) is 25.4 Å². The van der Waals surface area contributed by atoms with Gasteiger partial charge in [0.15, 0.2) is 11.7 Å². The number of hydrogen-bond donors (Lipinski definition) is 2. The third kappa shape index (κ3) is 3.90. The van der Waals surface area contributed by atoms with Gasteiger partial charge in [0.1, 0.15) is 0 Å². The van der Waals surface area contributed by atoms with Crippen LogP contribution in [-0.4, -0.2) is 107 Å². The van der Waals surface area contributed by atoms with Crippen LogP contribution >= 0.6 is 0 Å². The van der Waals surface area contributed by atoms with E-state index in [9.17, 15) is 0 Å². The molecule has 166 valence electrons. The van der Waals surface area contributed by atoms with E-state index in [1.165, 1.54) is 0 Å². The lowest BCUT2D eigenvalue weighted by molar-refractivity contribution is 0.0686. The summed E-state index contributed by atoms with van der Waals surface area (Å²) in [6.07, 6.45) is 5.54. The van der Waals surface area contributed by atoms with E-state index in [2.05, 4.69) is 50.0 Å². The number of piperazine rings is 1. The predicted octanol–water partition coefficient (Wildman–Crippen LogP) is -0.132. The zero-order valence-electron chi connectivity index (χ0n) is 18.3. The molecule has 2 fully saturated rings. The van der Waals surface area contributed by atoms with Crippen LogP contribution in [-0.2, 0) is 4.74 Å². The highest BCUT2D eigenvalue weighted by Gasteiger charge is 2.43. The minimum atomic E-state index is -0.0408. The lowest BCUT2D eigenvalue weighted by Crippen LogP contribution is -2.58. The molecule has 5 heterocycles. The van der Waals surface area contributed by atoms with Crippen LogP contribution in [0.25, 0.3) is 5.70 Å². The van der Waals surface area contributed by atoms with Gasteiger partial charge in [-0.1, -0.05) is 0 Å². The van der Waals surface area contributed by atoms with Crippen molar-refractivity contribution in [1.29, 1.82) is 0 Å². The smallest absolute Gasteiger partial charge is 0.219 e. The number of amidine groups is 2. The molecule has 0 amide bonds. The summed E-state index contributed by atoms with van der Waals surface area (Å²) in [5.74, 6) is 2.13. The Labute approximate surface area is 182 Å². The minimum absolute atomic E-state index is 0.0408. The van der Waals surface area contributed by atoms with Gasteiger partial charge in [-0.15, -0.1) is 0 Å². The van der Waals surface area contributed by atoms with Crippen LogP contribution in [0.1, 0.15) is 19.4 Å². The molecule has 31 heavy (non-hydrogen) atoms. The Morgan fingerprint density at radius 2 is 1.77 bits per heavy atom. The predicted molar refractivity (Wildman–Crippen MR) is 121 cm³/mol. The topological polar surface area (TPSA) is 108 Å². The molecule has 1 atom stereocenters. The minimum Gasteiger partial charge on any atom is -0.378 e. The molecular weight excluding hydrogens is 394 g/mol. The zero-order valence-corrected chi connectivity index (χ0v) is 18.3. The molecular formula is C21H31N9O. The first-order chi connectivity index (χ1) is 15.0. The number of nitrogens with zero attached hydrogens (tertiary/aromatic N) is 7. The molecule has 4 aliphatic rings. The van der Waals surface area contributed by atoms with Crippen LogP contribution in [0.15, 0.2) is 28.6 Å². The van der Waals surface area contributed by atoms with E-state index in [1.54, 1.807) is 12.4 Å². The van der Waals surface area contributed by atoms with Gasteiger partial charge in [0.25, 0.3) is 0 Å². The number of morpholine rings is 1. The Morgan fingerprint density at radius 3 is 2.48 bits per heavy atom. The fraction of sp³-hybridized carbons (Fsp3) is 0.619. The molecule has 5 rings (SSSR count). The maximum absolute atomic E-state index is 5.68. The number of anilines is 1. The summed E-state index contributed by atoms with van der Waals surface area (Å²) in [7, 11) is 0. The number of rotatable bonds is 3. The standard InChI is InChI=1S/C21H31N9O/c1-21(2,30-5-3-23-4-6-30)17-14-29-13-16(15-11-24-20(22)25-12-15)26-18(19(29)27-17)28-7-9-31-10-8-28/h11-13,17,23H,3-10,14H2,1-2H3,(H2,22,24,25)/t17-/m1/s1. The molecule has 0 aliphatic carbocycles. The Balaban J connectivity index is 1.48. The summed E-state index contributed by atoms with van der Waals surface area (Å²) in [6.45, 7) is 12.6. The van der Waals surface area contributed by atoms with Crippen LogP contribution in [0.4, 0.5) is 5.95 Å². The first-order valence-electron chi connectivity index (χ1n) is 11.0. The zero-order chi connectivity index (χ0) is 21.4. The van der Waals surface area contributed by atoms with E-state index in [-0.39, 0.29) is 17.5 Å². The molecule has 1 aromatic heterocycles. The van der Waals surface area contributed by atoms with Gasteiger partial charge in [0.05, 0.1) is 25.0 Å². The third-order valence-electron chi connectivity index (χ3n) is 6.65. The number of aliphatic imine (C=N–C) groups is 2. The number of ether oxygens (including phenoxy) is 1. The first kappa shape index (κ1) is 20.3. The summed E-state index contributed by atoms with van der Waals surface area (Å²) in [5, 5.41) is 3.45. The van der Waals surface area contributed by atoms with E-state index in [4.69, 9.17) is 20.5 Å². The van der Waals surface area contributed by atoms with E-state index < -0.39 is 0 Å². The van der Waals surface area contributed by atoms with Crippen molar-refractivity contribution >= 4 is 23.3 Å². The van der Waals surface area contributed by atoms with Crippen molar-refractivity contribution < 1.29 is 4.74 Å². The summed E-state index contributed by atoms with van der Waals surface area (Å²) < 4.78 is 5.57. The summed E-state index contributed by atoms with van der Waals surface area (Å²) in [4.78, 5) is 25.6. The second-order valence-electron chi connectivity index (χ2n) is 8.89. The van der Waals surface area contributed by atoms with Gasteiger partial charge in [0.2, 0.25) is 5.95 Å². The molecule has 1 aromatic rings. The van der Waals surface area contributed by atoms with Gasteiger partial charge in [-0.25, -0.2) is 15.0 Å². The number of nitrogens with one attached hydrogen (secondary N) is 1. The molecule has 3 N–H and O–H groups in total. The van der Waals surface area contributed by atoms with Crippen molar-refractivity contribution in [2.75, 3.05) is 64.8 Å². The summed E-state index contributed by atoms with van der Waals surface area (Å²) >= 11 is 0. The highest BCUT2D eigenvalue weighted by molar-refractivity contribution is 6.42. The molecule has 0 aromatic carbocycles. The Hall–Kier alpha value is -2.56. The first-order valence-corrected chi connectivity index (χ1v) is 11.0. The van der Waals surface area contributed by atoms with Gasteiger partial charge < -0.3 is 25.6 Å². The monoisotopic (exact) mass is 425 g/mol. The molecule has 0 saturated carbocycles. The van der Waals surface area contributed by atoms with Gasteiger partial charge >= 0.3 is 0 Å². The molecule has 0 spiro atoms. The number of fused-ring (bicyclic) bond motifs is 1. The van der Waals surface area contributed by atoms with Gasteiger partial charge in [-0.05, 0) is 13.8 Å². The van der Waals surface area contributed by atoms with Crippen molar-refractivity contribution in [3.05, 3.63) is 24.2 Å². The van der Waals surface area contributed by atoms with Crippen LogP contribution in [0.2, 0.25) is 0 Å². The van der Waals surface area contributed by atoms with Crippen molar-refractivity contribution in [3.8, 4) is 0 Å². The third-order valence-corrected chi connectivity index (χ3v) is 6.65. The Kier molecular flexibility index (Phi) is 5.37. The van der Waals surface area contributed by atoms with Crippen molar-refractivity contribution in [3.63, 3.8) is 0 Å².